The van der Waals surface area contributed by atoms with Gasteiger partial charge in [0.15, 0.2) is 0 Å². The first kappa shape index (κ1) is 15.2. The van der Waals surface area contributed by atoms with Crippen molar-refractivity contribution in [1.82, 2.24) is 10.2 Å². The third kappa shape index (κ3) is 4.72. The molecule has 0 bridgehead atoms. The Balaban J connectivity index is 2.49. The summed E-state index contributed by atoms with van der Waals surface area (Å²) in [7, 11) is 3.99. The van der Waals surface area contributed by atoms with E-state index in [9.17, 15) is 4.79 Å². The molecule has 0 radical (unpaired) electrons. The number of nitrogens with zero attached hydrogens (tertiary/aromatic N) is 2. The van der Waals surface area contributed by atoms with Gasteiger partial charge in [0.05, 0.1) is 18.1 Å². The second-order valence-corrected chi connectivity index (χ2v) is 5.47. The van der Waals surface area contributed by atoms with Crippen LogP contribution in [0, 0.1) is 11.3 Å². The number of benzene rings is 1. The van der Waals surface area contributed by atoms with Crippen molar-refractivity contribution >= 4 is 5.91 Å². The van der Waals surface area contributed by atoms with Gasteiger partial charge in [-0.1, -0.05) is 12.1 Å². The van der Waals surface area contributed by atoms with Gasteiger partial charge in [0.25, 0.3) is 0 Å². The quantitative estimate of drug-likeness (QED) is 0.873. The van der Waals surface area contributed by atoms with Gasteiger partial charge >= 0.3 is 0 Å². The molecule has 0 atom stereocenters. The molecule has 19 heavy (non-hydrogen) atoms. The first-order chi connectivity index (χ1) is 8.85. The summed E-state index contributed by atoms with van der Waals surface area (Å²) >= 11 is 0. The van der Waals surface area contributed by atoms with Gasteiger partial charge < -0.3 is 10.2 Å². The van der Waals surface area contributed by atoms with E-state index in [1.165, 1.54) is 0 Å². The Morgan fingerprint density at radius 3 is 2.37 bits per heavy atom. The van der Waals surface area contributed by atoms with Crippen LogP contribution in [0.15, 0.2) is 24.3 Å². The Bertz CT molecular complexity index is 469. The Morgan fingerprint density at radius 2 is 1.89 bits per heavy atom. The van der Waals surface area contributed by atoms with Crippen molar-refractivity contribution in [2.75, 3.05) is 20.6 Å². The third-order valence-electron chi connectivity index (χ3n) is 3.38. The standard InChI is InChI=1S/C15H21N3O/c1-15(2,18(3)4)11-17-14(19)9-12-5-7-13(10-16)8-6-12/h5-8H,9,11H2,1-4H3,(H,17,19). The molecule has 1 rings (SSSR count). The van der Waals surface area contributed by atoms with Crippen LogP contribution in [0.1, 0.15) is 25.0 Å². The average Bonchev–Trinajstić information content (AvgIpc) is 2.37. The highest BCUT2D eigenvalue weighted by Gasteiger charge is 2.20. The zero-order chi connectivity index (χ0) is 14.5. The maximum atomic E-state index is 11.8. The molecule has 4 heteroatoms. The Morgan fingerprint density at radius 1 is 1.32 bits per heavy atom. The number of hydrogen-bond donors (Lipinski definition) is 1. The number of amides is 1. The second kappa shape index (κ2) is 6.35. The zero-order valence-electron chi connectivity index (χ0n) is 12.0. The number of nitriles is 1. The van der Waals surface area contributed by atoms with Gasteiger partial charge in [0.2, 0.25) is 5.91 Å². The summed E-state index contributed by atoms with van der Waals surface area (Å²) in [6, 6.07) is 9.15. The van der Waals surface area contributed by atoms with Gasteiger partial charge in [0, 0.05) is 12.1 Å². The molecular formula is C15H21N3O. The van der Waals surface area contributed by atoms with Crippen LogP contribution in [0.2, 0.25) is 0 Å². The van der Waals surface area contributed by atoms with E-state index in [0.717, 1.165) is 5.56 Å². The molecule has 0 spiro atoms. The predicted octanol–water partition coefficient (Wildman–Crippen LogP) is 1.56. The van der Waals surface area contributed by atoms with Crippen molar-refractivity contribution in [2.45, 2.75) is 25.8 Å². The Labute approximate surface area is 115 Å². The maximum absolute atomic E-state index is 11.8. The van der Waals surface area contributed by atoms with E-state index in [-0.39, 0.29) is 11.4 Å². The van der Waals surface area contributed by atoms with Crippen LogP contribution >= 0.6 is 0 Å². The van der Waals surface area contributed by atoms with Crippen molar-refractivity contribution in [3.8, 4) is 6.07 Å². The highest BCUT2D eigenvalue weighted by molar-refractivity contribution is 5.78. The largest absolute Gasteiger partial charge is 0.354 e. The summed E-state index contributed by atoms with van der Waals surface area (Å²) < 4.78 is 0. The highest BCUT2D eigenvalue weighted by atomic mass is 16.1. The molecule has 0 unspecified atom stereocenters. The number of rotatable bonds is 5. The fourth-order valence-electron chi connectivity index (χ4n) is 1.42. The van der Waals surface area contributed by atoms with E-state index in [2.05, 4.69) is 30.1 Å². The van der Waals surface area contributed by atoms with E-state index in [4.69, 9.17) is 5.26 Å². The molecule has 0 heterocycles. The maximum Gasteiger partial charge on any atom is 0.224 e. The lowest BCUT2D eigenvalue weighted by molar-refractivity contribution is -0.120. The Kier molecular flexibility index (Phi) is 5.08. The minimum atomic E-state index is -0.0691. The summed E-state index contributed by atoms with van der Waals surface area (Å²) in [6.45, 7) is 4.76. The fraction of sp³-hybridized carbons (Fsp3) is 0.467. The number of nitrogens with one attached hydrogen (secondary N) is 1. The van der Waals surface area contributed by atoms with Crippen LogP contribution in [0.3, 0.4) is 0 Å². The van der Waals surface area contributed by atoms with Crippen molar-refractivity contribution in [3.63, 3.8) is 0 Å². The minimum absolute atomic E-state index is 0.000340. The minimum Gasteiger partial charge on any atom is -0.354 e. The summed E-state index contributed by atoms with van der Waals surface area (Å²) in [5.41, 5.74) is 1.46. The van der Waals surface area contributed by atoms with E-state index in [0.29, 0.717) is 18.5 Å². The molecule has 1 amide bonds. The van der Waals surface area contributed by atoms with Crippen LogP contribution in [-0.2, 0) is 11.2 Å². The van der Waals surface area contributed by atoms with E-state index in [1.807, 2.05) is 26.2 Å². The second-order valence-electron chi connectivity index (χ2n) is 5.47. The average molecular weight is 259 g/mol. The summed E-state index contributed by atoms with van der Waals surface area (Å²) in [5, 5.41) is 11.6. The van der Waals surface area contributed by atoms with Crippen LogP contribution in [0.25, 0.3) is 0 Å². The van der Waals surface area contributed by atoms with Crippen LogP contribution in [-0.4, -0.2) is 37.0 Å². The molecule has 0 saturated heterocycles. The molecule has 1 N–H and O–H groups in total. The first-order valence-electron chi connectivity index (χ1n) is 6.28. The Hall–Kier alpha value is -1.86. The van der Waals surface area contributed by atoms with Crippen molar-refractivity contribution < 1.29 is 4.79 Å². The lowest BCUT2D eigenvalue weighted by Gasteiger charge is -2.32. The smallest absolute Gasteiger partial charge is 0.224 e. The zero-order valence-corrected chi connectivity index (χ0v) is 12.0. The third-order valence-corrected chi connectivity index (χ3v) is 3.38. The summed E-state index contributed by atoms with van der Waals surface area (Å²) in [4.78, 5) is 13.9. The normalized spacial score (nSPS) is 11.2. The molecule has 4 nitrogen and oxygen atoms in total. The lowest BCUT2D eigenvalue weighted by atomic mass is 10.0. The first-order valence-corrected chi connectivity index (χ1v) is 6.28. The summed E-state index contributed by atoms with van der Waals surface area (Å²) in [6.07, 6.45) is 0.342. The molecule has 0 aromatic heterocycles. The molecule has 0 fully saturated rings. The lowest BCUT2D eigenvalue weighted by Crippen LogP contribution is -2.48. The van der Waals surface area contributed by atoms with E-state index < -0.39 is 0 Å². The number of hydrogen-bond acceptors (Lipinski definition) is 3. The van der Waals surface area contributed by atoms with Crippen molar-refractivity contribution in [1.29, 1.82) is 5.26 Å². The molecule has 0 aliphatic carbocycles. The van der Waals surface area contributed by atoms with Crippen LogP contribution in [0.4, 0.5) is 0 Å². The highest BCUT2D eigenvalue weighted by Crippen LogP contribution is 2.08. The molecular weight excluding hydrogens is 238 g/mol. The van der Waals surface area contributed by atoms with Gasteiger partial charge in [-0.05, 0) is 45.6 Å². The van der Waals surface area contributed by atoms with Crippen molar-refractivity contribution in [3.05, 3.63) is 35.4 Å². The SMILES string of the molecule is CN(C)C(C)(C)CNC(=O)Cc1ccc(C#N)cc1. The van der Waals surface area contributed by atoms with E-state index in [1.54, 1.807) is 12.1 Å². The molecule has 102 valence electrons. The number of likely N-dealkylation sites (N-methyl/N-ethyl adjacent to an activating group) is 1. The van der Waals surface area contributed by atoms with Gasteiger partial charge in [-0.3, -0.25) is 4.79 Å². The number of carbonyl (C=O) groups is 1. The molecule has 1 aromatic rings. The van der Waals surface area contributed by atoms with E-state index >= 15 is 0 Å². The predicted molar refractivity (Wildman–Crippen MR) is 75.6 cm³/mol. The summed E-state index contributed by atoms with van der Waals surface area (Å²) in [5.74, 6) is -0.000340. The van der Waals surface area contributed by atoms with Crippen LogP contribution in [0.5, 0.6) is 0 Å². The van der Waals surface area contributed by atoms with Gasteiger partial charge in [-0.15, -0.1) is 0 Å². The topological polar surface area (TPSA) is 56.1 Å². The number of carbonyl (C=O) groups excluding carboxylic acids is 1. The van der Waals surface area contributed by atoms with Crippen LogP contribution < -0.4 is 5.32 Å². The molecule has 0 saturated carbocycles. The monoisotopic (exact) mass is 259 g/mol. The fourth-order valence-corrected chi connectivity index (χ4v) is 1.42. The molecule has 0 aliphatic heterocycles. The van der Waals surface area contributed by atoms with Gasteiger partial charge in [0.1, 0.15) is 0 Å². The van der Waals surface area contributed by atoms with Gasteiger partial charge in [-0.2, -0.15) is 5.26 Å². The molecule has 0 aliphatic rings. The van der Waals surface area contributed by atoms with Crippen molar-refractivity contribution in [2.24, 2.45) is 0 Å². The molecule has 1 aromatic carbocycles. The van der Waals surface area contributed by atoms with Gasteiger partial charge in [-0.25, -0.2) is 0 Å².